The second-order valence-electron chi connectivity index (χ2n) is 4.45. The first kappa shape index (κ1) is 13.5. The van der Waals surface area contributed by atoms with Gasteiger partial charge in [-0.15, -0.1) is 0 Å². The summed E-state index contributed by atoms with van der Waals surface area (Å²) in [6, 6.07) is 4.74. The topological polar surface area (TPSA) is 96.4 Å². The van der Waals surface area contributed by atoms with Gasteiger partial charge in [0.05, 0.1) is 11.4 Å². The van der Waals surface area contributed by atoms with Crippen molar-refractivity contribution in [1.82, 2.24) is 4.98 Å². The molecule has 0 saturated heterocycles. The van der Waals surface area contributed by atoms with Gasteiger partial charge < -0.3 is 5.11 Å². The predicted molar refractivity (Wildman–Crippen MR) is 71.0 cm³/mol. The molecule has 6 nitrogen and oxygen atoms in total. The molecule has 2 rings (SSSR count). The second kappa shape index (κ2) is 5.40. The van der Waals surface area contributed by atoms with Crippen molar-refractivity contribution in [3.8, 4) is 0 Å². The molecule has 1 fully saturated rings. The lowest BCUT2D eigenvalue weighted by molar-refractivity contribution is -0.131. The van der Waals surface area contributed by atoms with Gasteiger partial charge in [0.2, 0.25) is 10.0 Å². The maximum absolute atomic E-state index is 11.8. The maximum atomic E-state index is 11.8. The number of nitrogens with zero attached hydrogens (tertiary/aromatic N) is 1. The molecule has 1 aliphatic rings. The van der Waals surface area contributed by atoms with Crippen LogP contribution in [0.4, 0.5) is 5.82 Å². The number of carboxylic acid groups (broad SMARTS) is 1. The smallest absolute Gasteiger partial charge is 0.328 e. The summed E-state index contributed by atoms with van der Waals surface area (Å²) in [4.78, 5) is 14.4. The number of carboxylic acids is 1. The van der Waals surface area contributed by atoms with E-state index < -0.39 is 16.0 Å². The van der Waals surface area contributed by atoms with Gasteiger partial charge in [-0.25, -0.2) is 18.2 Å². The minimum atomic E-state index is -3.37. The fraction of sp³-hybridized carbons (Fsp3) is 0.333. The Labute approximate surface area is 111 Å². The third-order valence-electron chi connectivity index (χ3n) is 2.58. The number of aromatic nitrogens is 1. The fourth-order valence-electron chi connectivity index (χ4n) is 1.55. The van der Waals surface area contributed by atoms with Gasteiger partial charge in [-0.05, 0) is 37.0 Å². The van der Waals surface area contributed by atoms with Crippen LogP contribution in [0.1, 0.15) is 18.5 Å². The first-order valence-corrected chi connectivity index (χ1v) is 7.48. The molecule has 19 heavy (non-hydrogen) atoms. The molecule has 7 heteroatoms. The van der Waals surface area contributed by atoms with E-state index in [-0.39, 0.29) is 17.5 Å². The predicted octanol–water partition coefficient (Wildman–Crippen LogP) is 1.33. The third-order valence-corrected chi connectivity index (χ3v) is 4.01. The lowest BCUT2D eigenvalue weighted by atomic mass is 10.3. The number of rotatable bonds is 6. The van der Waals surface area contributed by atoms with Crippen molar-refractivity contribution in [2.75, 3.05) is 10.5 Å². The monoisotopic (exact) mass is 282 g/mol. The van der Waals surface area contributed by atoms with Gasteiger partial charge in [-0.3, -0.25) is 4.72 Å². The highest BCUT2D eigenvalue weighted by molar-refractivity contribution is 7.92. The first-order valence-electron chi connectivity index (χ1n) is 5.83. The molecule has 2 N–H and O–H groups in total. The van der Waals surface area contributed by atoms with E-state index in [9.17, 15) is 13.2 Å². The minimum absolute atomic E-state index is 0.115. The molecule has 0 unspecified atom stereocenters. The van der Waals surface area contributed by atoms with Crippen molar-refractivity contribution < 1.29 is 18.3 Å². The van der Waals surface area contributed by atoms with Crippen LogP contribution >= 0.6 is 0 Å². The van der Waals surface area contributed by atoms with Gasteiger partial charge in [-0.1, -0.05) is 6.07 Å². The Hall–Kier alpha value is -1.89. The van der Waals surface area contributed by atoms with E-state index in [1.165, 1.54) is 12.1 Å². The molecule has 1 aromatic heterocycles. The fourth-order valence-corrected chi connectivity index (χ4v) is 3.02. The Bertz CT molecular complexity index is 606. The zero-order valence-corrected chi connectivity index (χ0v) is 10.9. The van der Waals surface area contributed by atoms with Crippen LogP contribution in [0.3, 0.4) is 0 Å². The number of pyridine rings is 1. The number of sulfonamides is 1. The average molecular weight is 282 g/mol. The number of carbonyl (C=O) groups is 1. The van der Waals surface area contributed by atoms with E-state index in [1.807, 2.05) is 0 Å². The summed E-state index contributed by atoms with van der Waals surface area (Å²) < 4.78 is 25.9. The summed E-state index contributed by atoms with van der Waals surface area (Å²) >= 11 is 0. The Morgan fingerprint density at radius 2 is 2.21 bits per heavy atom. The maximum Gasteiger partial charge on any atom is 0.328 e. The molecule has 102 valence electrons. The summed E-state index contributed by atoms with van der Waals surface area (Å²) in [5.74, 6) is -0.508. The van der Waals surface area contributed by atoms with E-state index in [0.717, 1.165) is 18.9 Å². The molecule has 0 bridgehead atoms. The second-order valence-corrected chi connectivity index (χ2v) is 6.21. The largest absolute Gasteiger partial charge is 0.478 e. The van der Waals surface area contributed by atoms with Crippen LogP contribution in [0.2, 0.25) is 0 Å². The average Bonchev–Trinajstić information content (AvgIpc) is 3.09. The van der Waals surface area contributed by atoms with Crippen LogP contribution in [-0.2, 0) is 14.8 Å². The van der Waals surface area contributed by atoms with Crippen LogP contribution in [0.15, 0.2) is 24.3 Å². The lowest BCUT2D eigenvalue weighted by Gasteiger charge is -2.06. The van der Waals surface area contributed by atoms with Crippen LogP contribution in [0.25, 0.3) is 6.08 Å². The van der Waals surface area contributed by atoms with Crippen molar-refractivity contribution in [1.29, 1.82) is 0 Å². The Morgan fingerprint density at radius 1 is 1.47 bits per heavy atom. The van der Waals surface area contributed by atoms with Crippen molar-refractivity contribution in [3.05, 3.63) is 30.0 Å². The lowest BCUT2D eigenvalue weighted by Crippen LogP contribution is -2.18. The van der Waals surface area contributed by atoms with Gasteiger partial charge in [0.1, 0.15) is 5.82 Å². The SMILES string of the molecule is O=C(O)C=Cc1cccc(NS(=O)(=O)CC2CC2)n1. The Morgan fingerprint density at radius 3 is 2.84 bits per heavy atom. The summed E-state index contributed by atoms with van der Waals surface area (Å²) in [6.45, 7) is 0. The van der Waals surface area contributed by atoms with Crippen LogP contribution in [0.5, 0.6) is 0 Å². The van der Waals surface area contributed by atoms with Crippen molar-refractivity contribution in [2.24, 2.45) is 5.92 Å². The zero-order valence-electron chi connectivity index (χ0n) is 10.1. The van der Waals surface area contributed by atoms with E-state index in [0.29, 0.717) is 5.69 Å². The standard InChI is InChI=1S/C12H14N2O4S/c15-12(16)7-6-10-2-1-3-11(13-10)14-19(17,18)8-9-4-5-9/h1-3,6-7,9H,4-5,8H2,(H,13,14)(H,15,16). The van der Waals surface area contributed by atoms with E-state index in [1.54, 1.807) is 12.1 Å². The van der Waals surface area contributed by atoms with Crippen LogP contribution in [-0.4, -0.2) is 30.2 Å². The quantitative estimate of drug-likeness (QED) is 0.767. The van der Waals surface area contributed by atoms with Crippen LogP contribution < -0.4 is 4.72 Å². The first-order chi connectivity index (χ1) is 8.94. The Kier molecular flexibility index (Phi) is 3.84. The summed E-state index contributed by atoms with van der Waals surface area (Å²) in [5, 5.41) is 8.51. The third kappa shape index (κ3) is 4.70. The van der Waals surface area contributed by atoms with E-state index >= 15 is 0 Å². The van der Waals surface area contributed by atoms with Gasteiger partial charge >= 0.3 is 5.97 Å². The molecular formula is C12H14N2O4S. The number of nitrogens with one attached hydrogen (secondary N) is 1. The zero-order chi connectivity index (χ0) is 13.9. The number of aliphatic carboxylic acids is 1. The summed E-state index contributed by atoms with van der Waals surface area (Å²) in [6.07, 6.45) is 4.16. The summed E-state index contributed by atoms with van der Waals surface area (Å²) in [5.41, 5.74) is 0.383. The molecule has 0 radical (unpaired) electrons. The molecule has 0 amide bonds. The van der Waals surface area contributed by atoms with E-state index in [2.05, 4.69) is 9.71 Å². The number of anilines is 1. The minimum Gasteiger partial charge on any atom is -0.478 e. The van der Waals surface area contributed by atoms with Gasteiger partial charge in [-0.2, -0.15) is 0 Å². The molecular weight excluding hydrogens is 268 g/mol. The van der Waals surface area contributed by atoms with Crippen molar-refractivity contribution >= 4 is 27.9 Å². The number of hydrogen-bond acceptors (Lipinski definition) is 4. The molecule has 1 saturated carbocycles. The molecule has 1 aliphatic carbocycles. The molecule has 1 aromatic rings. The summed E-state index contributed by atoms with van der Waals surface area (Å²) in [7, 11) is -3.37. The van der Waals surface area contributed by atoms with Gasteiger partial charge in [0.15, 0.2) is 0 Å². The Balaban J connectivity index is 2.07. The molecule has 1 heterocycles. The molecule has 0 atom stereocenters. The highest BCUT2D eigenvalue weighted by Crippen LogP contribution is 2.30. The highest BCUT2D eigenvalue weighted by Gasteiger charge is 2.28. The molecule has 0 aromatic carbocycles. The molecule has 0 aliphatic heterocycles. The highest BCUT2D eigenvalue weighted by atomic mass is 32.2. The number of hydrogen-bond donors (Lipinski definition) is 2. The molecule has 0 spiro atoms. The normalized spacial score (nSPS) is 15.6. The van der Waals surface area contributed by atoms with E-state index in [4.69, 9.17) is 5.11 Å². The van der Waals surface area contributed by atoms with Crippen molar-refractivity contribution in [2.45, 2.75) is 12.8 Å². The van der Waals surface area contributed by atoms with Gasteiger partial charge in [0, 0.05) is 6.08 Å². The van der Waals surface area contributed by atoms with Gasteiger partial charge in [0.25, 0.3) is 0 Å². The van der Waals surface area contributed by atoms with Crippen LogP contribution in [0, 0.1) is 5.92 Å². The van der Waals surface area contributed by atoms with Crippen molar-refractivity contribution in [3.63, 3.8) is 0 Å².